The van der Waals surface area contributed by atoms with Gasteiger partial charge in [-0.25, -0.2) is 4.52 Å². The number of hydrogen-bond acceptors (Lipinski definition) is 2. The number of nitrogens with zero attached hydrogens (tertiary/aromatic N) is 3. The van der Waals surface area contributed by atoms with Crippen LogP contribution >= 0.6 is 0 Å². The maximum absolute atomic E-state index is 4.37. The smallest absolute Gasteiger partial charge is 0.0667 e. The molecule has 3 nitrogen and oxygen atoms in total. The standard InChI is InChI=1S/C16H15N3/c1-3-15(16-5-4-8-17-12(16)2)13-7-10-19-14(11-13)6-9-18-19/h3-11H,1-2H3/b15-3-. The zero-order valence-electron chi connectivity index (χ0n) is 11.0. The van der Waals surface area contributed by atoms with E-state index in [1.165, 1.54) is 16.7 Å². The molecule has 0 aliphatic heterocycles. The predicted octanol–water partition coefficient (Wildman–Crippen LogP) is 3.49. The van der Waals surface area contributed by atoms with Crippen LogP contribution in [0, 0.1) is 6.92 Å². The molecule has 0 saturated heterocycles. The minimum atomic E-state index is 1.05. The predicted molar refractivity (Wildman–Crippen MR) is 76.9 cm³/mol. The van der Waals surface area contributed by atoms with Gasteiger partial charge >= 0.3 is 0 Å². The van der Waals surface area contributed by atoms with Crippen molar-refractivity contribution < 1.29 is 0 Å². The van der Waals surface area contributed by atoms with Gasteiger partial charge in [0, 0.05) is 29.8 Å². The average molecular weight is 249 g/mol. The molecule has 0 spiro atoms. The monoisotopic (exact) mass is 249 g/mol. The SMILES string of the molecule is C/C=C(/c1ccn2nccc2c1)c1cccnc1C. The summed E-state index contributed by atoms with van der Waals surface area (Å²) < 4.78 is 1.87. The average Bonchev–Trinajstić information content (AvgIpc) is 2.89. The van der Waals surface area contributed by atoms with Crippen molar-refractivity contribution in [1.29, 1.82) is 0 Å². The molecule has 0 atom stereocenters. The summed E-state index contributed by atoms with van der Waals surface area (Å²) in [6, 6.07) is 10.3. The van der Waals surface area contributed by atoms with E-state index in [-0.39, 0.29) is 0 Å². The molecule has 3 aromatic heterocycles. The van der Waals surface area contributed by atoms with Crippen LogP contribution in [-0.2, 0) is 0 Å². The van der Waals surface area contributed by atoms with Crippen LogP contribution in [0.5, 0.6) is 0 Å². The van der Waals surface area contributed by atoms with Gasteiger partial charge < -0.3 is 0 Å². The van der Waals surface area contributed by atoms with E-state index in [2.05, 4.69) is 41.3 Å². The second kappa shape index (κ2) is 4.69. The highest BCUT2D eigenvalue weighted by molar-refractivity contribution is 5.82. The molecule has 3 heteroatoms. The van der Waals surface area contributed by atoms with Gasteiger partial charge in [-0.1, -0.05) is 12.1 Å². The molecule has 0 saturated carbocycles. The number of fused-ring (bicyclic) bond motifs is 1. The molecule has 0 fully saturated rings. The Kier molecular flexibility index (Phi) is 2.88. The number of pyridine rings is 2. The van der Waals surface area contributed by atoms with Crippen molar-refractivity contribution in [3.8, 4) is 0 Å². The third-order valence-corrected chi connectivity index (χ3v) is 3.30. The van der Waals surface area contributed by atoms with Gasteiger partial charge in [0.2, 0.25) is 0 Å². The van der Waals surface area contributed by atoms with Crippen molar-refractivity contribution in [2.75, 3.05) is 0 Å². The molecule has 0 aliphatic carbocycles. The summed E-state index contributed by atoms with van der Waals surface area (Å²) in [6.07, 6.45) is 7.75. The molecule has 0 aromatic carbocycles. The van der Waals surface area contributed by atoms with Crippen LogP contribution in [-0.4, -0.2) is 14.6 Å². The lowest BCUT2D eigenvalue weighted by atomic mass is 9.97. The van der Waals surface area contributed by atoms with Crippen molar-refractivity contribution in [3.63, 3.8) is 0 Å². The number of allylic oxidation sites excluding steroid dienone is 1. The fourth-order valence-corrected chi connectivity index (χ4v) is 2.34. The van der Waals surface area contributed by atoms with Crippen molar-refractivity contribution in [2.45, 2.75) is 13.8 Å². The van der Waals surface area contributed by atoms with Crippen LogP contribution in [0.3, 0.4) is 0 Å². The van der Waals surface area contributed by atoms with E-state index in [9.17, 15) is 0 Å². The van der Waals surface area contributed by atoms with E-state index in [1.807, 2.05) is 42.2 Å². The molecule has 0 amide bonds. The quantitative estimate of drug-likeness (QED) is 0.696. The maximum Gasteiger partial charge on any atom is 0.0667 e. The van der Waals surface area contributed by atoms with Gasteiger partial charge in [-0.05, 0) is 49.2 Å². The van der Waals surface area contributed by atoms with Gasteiger partial charge in [0.1, 0.15) is 0 Å². The van der Waals surface area contributed by atoms with Crippen LogP contribution in [0.4, 0.5) is 0 Å². The lowest BCUT2D eigenvalue weighted by Crippen LogP contribution is -1.95. The molecule has 3 rings (SSSR count). The largest absolute Gasteiger partial charge is 0.261 e. The van der Waals surface area contributed by atoms with Gasteiger partial charge in [-0.2, -0.15) is 5.10 Å². The summed E-state index contributed by atoms with van der Waals surface area (Å²) in [4.78, 5) is 4.37. The molecular formula is C16H15N3. The molecule has 3 heterocycles. The maximum atomic E-state index is 4.37. The molecule has 0 aliphatic rings. The molecular weight excluding hydrogens is 234 g/mol. The Labute approximate surface area is 112 Å². The Bertz CT molecular complexity index is 753. The van der Waals surface area contributed by atoms with Gasteiger partial charge in [-0.15, -0.1) is 0 Å². The molecule has 3 aromatic rings. The number of hydrogen-bond donors (Lipinski definition) is 0. The molecule has 0 radical (unpaired) electrons. The van der Waals surface area contributed by atoms with Crippen LogP contribution in [0.25, 0.3) is 11.1 Å². The number of aryl methyl sites for hydroxylation is 1. The van der Waals surface area contributed by atoms with Gasteiger partial charge in [-0.3, -0.25) is 4.98 Å². The van der Waals surface area contributed by atoms with Crippen molar-refractivity contribution in [1.82, 2.24) is 14.6 Å². The zero-order chi connectivity index (χ0) is 13.2. The Hall–Kier alpha value is -2.42. The van der Waals surface area contributed by atoms with E-state index in [1.54, 1.807) is 0 Å². The van der Waals surface area contributed by atoms with Gasteiger partial charge in [0.15, 0.2) is 0 Å². The third-order valence-electron chi connectivity index (χ3n) is 3.30. The highest BCUT2D eigenvalue weighted by Gasteiger charge is 2.08. The summed E-state index contributed by atoms with van der Waals surface area (Å²) >= 11 is 0. The van der Waals surface area contributed by atoms with E-state index < -0.39 is 0 Å². The summed E-state index contributed by atoms with van der Waals surface area (Å²) in [5, 5.41) is 4.22. The molecule has 0 N–H and O–H groups in total. The van der Waals surface area contributed by atoms with E-state index in [0.717, 1.165) is 11.2 Å². The summed E-state index contributed by atoms with van der Waals surface area (Å²) in [5.74, 6) is 0. The summed E-state index contributed by atoms with van der Waals surface area (Å²) in [5.41, 5.74) is 5.71. The number of rotatable bonds is 2. The Morgan fingerprint density at radius 1 is 1.21 bits per heavy atom. The van der Waals surface area contributed by atoms with Gasteiger partial charge in [0.05, 0.1) is 5.52 Å². The summed E-state index contributed by atoms with van der Waals surface area (Å²) in [7, 11) is 0. The first kappa shape index (κ1) is 11.7. The second-order valence-corrected chi connectivity index (χ2v) is 4.45. The van der Waals surface area contributed by atoms with Crippen LogP contribution in [0.2, 0.25) is 0 Å². The molecule has 19 heavy (non-hydrogen) atoms. The lowest BCUT2D eigenvalue weighted by Gasteiger charge is -2.10. The van der Waals surface area contributed by atoms with Crippen LogP contribution < -0.4 is 0 Å². The third kappa shape index (κ3) is 2.03. The van der Waals surface area contributed by atoms with Gasteiger partial charge in [0.25, 0.3) is 0 Å². The lowest BCUT2D eigenvalue weighted by molar-refractivity contribution is 0.960. The first-order valence-electron chi connectivity index (χ1n) is 6.31. The highest BCUT2D eigenvalue weighted by Crippen LogP contribution is 2.25. The first-order chi connectivity index (χ1) is 9.29. The van der Waals surface area contributed by atoms with Crippen molar-refractivity contribution in [3.05, 3.63) is 71.8 Å². The highest BCUT2D eigenvalue weighted by atomic mass is 15.2. The minimum Gasteiger partial charge on any atom is -0.261 e. The van der Waals surface area contributed by atoms with Crippen LogP contribution in [0.1, 0.15) is 23.7 Å². The minimum absolute atomic E-state index is 1.05. The first-order valence-corrected chi connectivity index (χ1v) is 6.31. The molecule has 94 valence electrons. The Balaban J connectivity index is 2.15. The van der Waals surface area contributed by atoms with E-state index in [0.29, 0.717) is 0 Å². The fraction of sp³-hybridized carbons (Fsp3) is 0.125. The van der Waals surface area contributed by atoms with E-state index in [4.69, 9.17) is 0 Å². The van der Waals surface area contributed by atoms with E-state index >= 15 is 0 Å². The normalized spacial score (nSPS) is 12.0. The molecule has 0 unspecified atom stereocenters. The van der Waals surface area contributed by atoms with Crippen molar-refractivity contribution in [2.24, 2.45) is 0 Å². The second-order valence-electron chi connectivity index (χ2n) is 4.45. The summed E-state index contributed by atoms with van der Waals surface area (Å²) in [6.45, 7) is 4.10. The Morgan fingerprint density at radius 3 is 2.89 bits per heavy atom. The molecule has 0 bridgehead atoms. The van der Waals surface area contributed by atoms with Crippen LogP contribution in [0.15, 0.2) is 55.0 Å². The Morgan fingerprint density at radius 2 is 2.11 bits per heavy atom. The fourth-order valence-electron chi connectivity index (χ4n) is 2.34. The van der Waals surface area contributed by atoms with Crippen molar-refractivity contribution >= 4 is 11.1 Å². The number of aromatic nitrogens is 3. The zero-order valence-corrected chi connectivity index (χ0v) is 11.0. The topological polar surface area (TPSA) is 30.2 Å².